The lowest BCUT2D eigenvalue weighted by atomic mass is 10.2. The first-order chi connectivity index (χ1) is 8.24. The van der Waals surface area contributed by atoms with Crippen LogP contribution in [0.15, 0.2) is 51.4 Å². The molecule has 0 spiro atoms. The van der Waals surface area contributed by atoms with Crippen LogP contribution in [0.1, 0.15) is 0 Å². The van der Waals surface area contributed by atoms with Crippen molar-refractivity contribution in [1.29, 1.82) is 0 Å². The second kappa shape index (κ2) is 4.17. The predicted octanol–water partition coefficient (Wildman–Crippen LogP) is 4.91. The lowest BCUT2D eigenvalue weighted by Crippen LogP contribution is -1.79. The third kappa shape index (κ3) is 1.96. The number of fused-ring (bicyclic) bond motifs is 1. The lowest BCUT2D eigenvalue weighted by Gasteiger charge is -1.99. The standard InChI is InChI=1S/C13H7BrClNO/c14-10-7-8(15)5-6-9(10)13-16-11-3-1-2-4-12(11)17-13/h1-7H. The highest BCUT2D eigenvalue weighted by molar-refractivity contribution is 9.10. The van der Waals surface area contributed by atoms with Crippen molar-refractivity contribution in [1.82, 2.24) is 4.98 Å². The normalized spacial score (nSPS) is 10.9. The van der Waals surface area contributed by atoms with E-state index in [0.717, 1.165) is 21.1 Å². The molecule has 2 aromatic carbocycles. The number of oxazole rings is 1. The second-order valence-corrected chi connectivity index (χ2v) is 4.90. The van der Waals surface area contributed by atoms with Crippen molar-refractivity contribution in [3.63, 3.8) is 0 Å². The number of aromatic nitrogens is 1. The molecule has 0 atom stereocenters. The molecule has 0 N–H and O–H groups in total. The quantitative estimate of drug-likeness (QED) is 0.638. The van der Waals surface area contributed by atoms with Gasteiger partial charge in [0.05, 0.1) is 5.56 Å². The van der Waals surface area contributed by atoms with Crippen molar-refractivity contribution in [2.24, 2.45) is 0 Å². The summed E-state index contributed by atoms with van der Waals surface area (Å²) in [4.78, 5) is 4.43. The monoisotopic (exact) mass is 307 g/mol. The number of hydrogen-bond donors (Lipinski definition) is 0. The first-order valence-electron chi connectivity index (χ1n) is 5.05. The number of rotatable bonds is 1. The van der Waals surface area contributed by atoms with Crippen molar-refractivity contribution in [2.45, 2.75) is 0 Å². The van der Waals surface area contributed by atoms with Crippen LogP contribution in [-0.4, -0.2) is 4.98 Å². The van der Waals surface area contributed by atoms with Crippen molar-refractivity contribution in [2.75, 3.05) is 0 Å². The van der Waals surface area contributed by atoms with Gasteiger partial charge in [-0.05, 0) is 46.3 Å². The number of hydrogen-bond acceptors (Lipinski definition) is 2. The first kappa shape index (κ1) is 10.8. The summed E-state index contributed by atoms with van der Waals surface area (Å²) < 4.78 is 6.56. The molecule has 0 amide bonds. The van der Waals surface area contributed by atoms with Crippen LogP contribution in [0.3, 0.4) is 0 Å². The molecule has 0 aliphatic heterocycles. The molecule has 0 unspecified atom stereocenters. The van der Waals surface area contributed by atoms with Gasteiger partial charge in [0.25, 0.3) is 0 Å². The summed E-state index contributed by atoms with van der Waals surface area (Å²) >= 11 is 9.36. The zero-order chi connectivity index (χ0) is 11.8. The molecule has 17 heavy (non-hydrogen) atoms. The van der Waals surface area contributed by atoms with Crippen molar-refractivity contribution >= 4 is 38.6 Å². The Bertz CT molecular complexity index is 660. The van der Waals surface area contributed by atoms with E-state index in [0.29, 0.717) is 10.9 Å². The Morgan fingerprint density at radius 2 is 1.94 bits per heavy atom. The van der Waals surface area contributed by atoms with E-state index in [-0.39, 0.29) is 0 Å². The van der Waals surface area contributed by atoms with E-state index >= 15 is 0 Å². The minimum atomic E-state index is 0.592. The van der Waals surface area contributed by atoms with Crippen LogP contribution >= 0.6 is 27.5 Å². The molecule has 0 fully saturated rings. The fourth-order valence-corrected chi connectivity index (χ4v) is 2.50. The molecule has 0 aliphatic carbocycles. The SMILES string of the molecule is Clc1ccc(-c2nc3ccccc3o2)c(Br)c1. The number of nitrogens with zero attached hydrogens (tertiary/aromatic N) is 1. The van der Waals surface area contributed by atoms with E-state index in [9.17, 15) is 0 Å². The molecule has 1 aromatic heterocycles. The zero-order valence-corrected chi connectivity index (χ0v) is 11.0. The van der Waals surface area contributed by atoms with Crippen molar-refractivity contribution in [3.05, 3.63) is 52.0 Å². The van der Waals surface area contributed by atoms with Crippen LogP contribution in [0.4, 0.5) is 0 Å². The summed E-state index contributed by atoms with van der Waals surface area (Å²) in [6, 6.07) is 13.2. The van der Waals surface area contributed by atoms with E-state index in [1.165, 1.54) is 0 Å². The summed E-state index contributed by atoms with van der Waals surface area (Å²) in [6.45, 7) is 0. The molecular formula is C13H7BrClNO. The Kier molecular flexibility index (Phi) is 2.65. The summed E-state index contributed by atoms with van der Waals surface area (Å²) in [5.41, 5.74) is 2.53. The van der Waals surface area contributed by atoms with Crippen LogP contribution in [0.25, 0.3) is 22.6 Å². The molecule has 0 radical (unpaired) electrons. The lowest BCUT2D eigenvalue weighted by molar-refractivity contribution is 0.619. The fraction of sp³-hybridized carbons (Fsp3) is 0. The van der Waals surface area contributed by atoms with Crippen LogP contribution < -0.4 is 0 Å². The van der Waals surface area contributed by atoms with Crippen LogP contribution in [0.5, 0.6) is 0 Å². The van der Waals surface area contributed by atoms with Gasteiger partial charge in [0.2, 0.25) is 5.89 Å². The van der Waals surface area contributed by atoms with Gasteiger partial charge < -0.3 is 4.42 Å². The zero-order valence-electron chi connectivity index (χ0n) is 8.65. The topological polar surface area (TPSA) is 26.0 Å². The summed E-state index contributed by atoms with van der Waals surface area (Å²) in [7, 11) is 0. The first-order valence-corrected chi connectivity index (χ1v) is 6.22. The molecule has 2 nitrogen and oxygen atoms in total. The summed E-state index contributed by atoms with van der Waals surface area (Å²) in [5, 5.41) is 0.678. The van der Waals surface area contributed by atoms with Crippen LogP contribution in [0.2, 0.25) is 5.02 Å². The predicted molar refractivity (Wildman–Crippen MR) is 72.2 cm³/mol. The van der Waals surface area contributed by atoms with E-state index in [2.05, 4.69) is 20.9 Å². The maximum Gasteiger partial charge on any atom is 0.228 e. The number of para-hydroxylation sites is 2. The Morgan fingerprint density at radius 1 is 1.12 bits per heavy atom. The Balaban J connectivity index is 2.20. The molecule has 4 heteroatoms. The largest absolute Gasteiger partial charge is 0.436 e. The average Bonchev–Trinajstić information content (AvgIpc) is 2.72. The van der Waals surface area contributed by atoms with Gasteiger partial charge in [0.1, 0.15) is 5.52 Å². The van der Waals surface area contributed by atoms with Crippen molar-refractivity contribution in [3.8, 4) is 11.5 Å². The Morgan fingerprint density at radius 3 is 2.71 bits per heavy atom. The van der Waals surface area contributed by atoms with Gasteiger partial charge in [-0.3, -0.25) is 0 Å². The smallest absolute Gasteiger partial charge is 0.228 e. The fourth-order valence-electron chi connectivity index (χ4n) is 1.65. The molecular weight excluding hydrogens is 302 g/mol. The van der Waals surface area contributed by atoms with Gasteiger partial charge in [0, 0.05) is 9.50 Å². The minimum Gasteiger partial charge on any atom is -0.436 e. The van der Waals surface area contributed by atoms with E-state index < -0.39 is 0 Å². The molecule has 3 aromatic rings. The van der Waals surface area contributed by atoms with Crippen LogP contribution in [-0.2, 0) is 0 Å². The number of halogens is 2. The highest BCUT2D eigenvalue weighted by Gasteiger charge is 2.10. The summed E-state index contributed by atoms with van der Waals surface area (Å²) in [5.74, 6) is 0.592. The molecule has 84 valence electrons. The van der Waals surface area contributed by atoms with Gasteiger partial charge in [-0.1, -0.05) is 23.7 Å². The maximum absolute atomic E-state index is 5.90. The third-order valence-electron chi connectivity index (χ3n) is 2.46. The summed E-state index contributed by atoms with van der Waals surface area (Å²) in [6.07, 6.45) is 0. The van der Waals surface area contributed by atoms with Gasteiger partial charge >= 0.3 is 0 Å². The molecule has 0 aliphatic rings. The molecule has 0 saturated carbocycles. The van der Waals surface area contributed by atoms with Crippen molar-refractivity contribution < 1.29 is 4.42 Å². The highest BCUT2D eigenvalue weighted by atomic mass is 79.9. The average molecular weight is 309 g/mol. The molecule has 1 heterocycles. The van der Waals surface area contributed by atoms with E-state index in [4.69, 9.17) is 16.0 Å². The molecule has 0 saturated heterocycles. The minimum absolute atomic E-state index is 0.592. The highest BCUT2D eigenvalue weighted by Crippen LogP contribution is 2.31. The molecule has 3 rings (SSSR count). The third-order valence-corrected chi connectivity index (χ3v) is 3.35. The van der Waals surface area contributed by atoms with E-state index in [1.54, 1.807) is 0 Å². The van der Waals surface area contributed by atoms with Crippen LogP contribution in [0, 0.1) is 0 Å². The Labute approximate surface area is 111 Å². The second-order valence-electron chi connectivity index (χ2n) is 3.61. The van der Waals surface area contributed by atoms with Gasteiger partial charge in [-0.2, -0.15) is 0 Å². The van der Waals surface area contributed by atoms with Gasteiger partial charge in [0.15, 0.2) is 5.58 Å². The Hall–Kier alpha value is -1.32. The maximum atomic E-state index is 5.90. The van der Waals surface area contributed by atoms with Gasteiger partial charge in [-0.25, -0.2) is 4.98 Å². The molecule has 0 bridgehead atoms. The van der Waals surface area contributed by atoms with E-state index in [1.807, 2.05) is 42.5 Å². The van der Waals surface area contributed by atoms with Gasteiger partial charge in [-0.15, -0.1) is 0 Å². The number of benzene rings is 2.